The van der Waals surface area contributed by atoms with E-state index in [0.717, 1.165) is 5.56 Å². The summed E-state index contributed by atoms with van der Waals surface area (Å²) in [4.78, 5) is 16.5. The van der Waals surface area contributed by atoms with Gasteiger partial charge in [0.2, 0.25) is 0 Å². The van der Waals surface area contributed by atoms with Crippen LogP contribution in [0.15, 0.2) is 53.1 Å². The maximum absolute atomic E-state index is 12.2. The number of hydrogen-bond donors (Lipinski definition) is 1. The Kier molecular flexibility index (Phi) is 4.39. The number of rotatable bonds is 4. The number of amides is 1. The number of hydrogen-bond acceptors (Lipinski definition) is 4. The number of anilines is 1. The second-order valence-electron chi connectivity index (χ2n) is 4.91. The Morgan fingerprint density at radius 3 is 2.70 bits per heavy atom. The van der Waals surface area contributed by atoms with Gasteiger partial charge in [-0.3, -0.25) is 4.79 Å². The fourth-order valence-corrected chi connectivity index (χ4v) is 2.18. The van der Waals surface area contributed by atoms with Gasteiger partial charge in [0, 0.05) is 28.3 Å². The van der Waals surface area contributed by atoms with Crippen molar-refractivity contribution in [3.05, 3.63) is 64.9 Å². The number of halogens is 1. The lowest BCUT2D eigenvalue weighted by Gasteiger charge is -2.06. The summed E-state index contributed by atoms with van der Waals surface area (Å²) in [6.45, 7) is 1.96. The Morgan fingerprint density at radius 2 is 2.00 bits per heavy atom. The van der Waals surface area contributed by atoms with Crippen LogP contribution in [0.3, 0.4) is 0 Å². The maximum Gasteiger partial charge on any atom is 0.257 e. The molecule has 0 fully saturated rings. The van der Waals surface area contributed by atoms with Crippen molar-refractivity contribution in [2.75, 3.05) is 5.32 Å². The molecule has 0 atom stereocenters. The molecule has 0 spiro atoms. The molecule has 0 aliphatic rings. The number of carbonyl (C=O) groups excluding carboxylic acids is 1. The summed E-state index contributed by atoms with van der Waals surface area (Å²) in [5.41, 5.74) is 1.94. The summed E-state index contributed by atoms with van der Waals surface area (Å²) < 4.78 is 5.21. The lowest BCUT2D eigenvalue weighted by atomic mass is 10.1. The number of benzene rings is 2. The number of carbonyl (C=O) groups is 1. The van der Waals surface area contributed by atoms with Crippen LogP contribution in [0.25, 0.3) is 11.5 Å². The molecule has 116 valence electrons. The van der Waals surface area contributed by atoms with Gasteiger partial charge < -0.3 is 9.84 Å². The van der Waals surface area contributed by atoms with Crippen LogP contribution in [-0.2, 0) is 6.42 Å². The van der Waals surface area contributed by atoms with Crippen molar-refractivity contribution in [2.24, 2.45) is 0 Å². The molecule has 3 rings (SSSR count). The molecule has 2 aromatic carbocycles. The number of nitrogens with one attached hydrogen (secondary N) is 1. The van der Waals surface area contributed by atoms with E-state index in [0.29, 0.717) is 34.4 Å². The zero-order valence-corrected chi connectivity index (χ0v) is 13.2. The van der Waals surface area contributed by atoms with E-state index in [1.54, 1.807) is 36.4 Å². The fourth-order valence-electron chi connectivity index (χ4n) is 2.05. The number of aromatic nitrogens is 2. The monoisotopic (exact) mass is 327 g/mol. The Hall–Kier alpha value is -2.66. The summed E-state index contributed by atoms with van der Waals surface area (Å²) in [5, 5.41) is 7.30. The van der Waals surface area contributed by atoms with Gasteiger partial charge in [-0.2, -0.15) is 4.98 Å². The summed E-state index contributed by atoms with van der Waals surface area (Å²) in [5.74, 6) is 0.874. The highest BCUT2D eigenvalue weighted by Crippen LogP contribution is 2.22. The Labute approximate surface area is 138 Å². The molecular formula is C17H14ClN3O2. The van der Waals surface area contributed by atoms with E-state index in [9.17, 15) is 4.79 Å². The molecule has 0 saturated carbocycles. The van der Waals surface area contributed by atoms with Crippen LogP contribution in [0, 0.1) is 0 Å². The molecule has 6 heteroatoms. The van der Waals surface area contributed by atoms with Crippen molar-refractivity contribution in [1.29, 1.82) is 0 Å². The van der Waals surface area contributed by atoms with Gasteiger partial charge in [0.15, 0.2) is 5.82 Å². The average molecular weight is 328 g/mol. The Bertz CT molecular complexity index is 828. The normalized spacial score (nSPS) is 10.5. The second kappa shape index (κ2) is 6.62. The summed E-state index contributed by atoms with van der Waals surface area (Å²) in [6, 6.07) is 14.0. The van der Waals surface area contributed by atoms with E-state index in [1.807, 2.05) is 19.1 Å². The van der Waals surface area contributed by atoms with Crippen LogP contribution >= 0.6 is 11.6 Å². The molecule has 5 nitrogen and oxygen atoms in total. The number of nitrogens with zero attached hydrogens (tertiary/aromatic N) is 2. The lowest BCUT2D eigenvalue weighted by molar-refractivity contribution is 0.102. The minimum atomic E-state index is -0.210. The van der Waals surface area contributed by atoms with E-state index in [4.69, 9.17) is 16.1 Å². The quantitative estimate of drug-likeness (QED) is 0.779. The second-order valence-corrected chi connectivity index (χ2v) is 5.35. The fraction of sp³-hybridized carbons (Fsp3) is 0.118. The Balaban J connectivity index is 1.79. The molecule has 0 saturated heterocycles. The lowest BCUT2D eigenvalue weighted by Crippen LogP contribution is -2.11. The molecule has 23 heavy (non-hydrogen) atoms. The van der Waals surface area contributed by atoms with E-state index >= 15 is 0 Å². The molecule has 0 aliphatic carbocycles. The summed E-state index contributed by atoms with van der Waals surface area (Å²) in [6.07, 6.45) is 0.705. The van der Waals surface area contributed by atoms with Crippen molar-refractivity contribution < 1.29 is 9.32 Å². The highest BCUT2D eigenvalue weighted by Gasteiger charge is 2.10. The third-order valence-electron chi connectivity index (χ3n) is 3.26. The first-order chi connectivity index (χ1) is 11.2. The molecule has 1 N–H and O–H groups in total. The predicted octanol–water partition coefficient (Wildman–Crippen LogP) is 4.20. The van der Waals surface area contributed by atoms with Crippen LogP contribution < -0.4 is 5.32 Å². The van der Waals surface area contributed by atoms with E-state index in [1.165, 1.54) is 0 Å². The minimum absolute atomic E-state index is 0.210. The van der Waals surface area contributed by atoms with Gasteiger partial charge in [-0.15, -0.1) is 0 Å². The van der Waals surface area contributed by atoms with Gasteiger partial charge in [-0.25, -0.2) is 0 Å². The van der Waals surface area contributed by atoms with Crippen LogP contribution in [0.4, 0.5) is 5.69 Å². The van der Waals surface area contributed by atoms with Crippen LogP contribution in [0.5, 0.6) is 0 Å². The van der Waals surface area contributed by atoms with Gasteiger partial charge in [0.05, 0.1) is 0 Å². The van der Waals surface area contributed by atoms with Gasteiger partial charge in [0.1, 0.15) is 0 Å². The van der Waals surface area contributed by atoms with Crippen LogP contribution in [-0.4, -0.2) is 16.0 Å². The largest absolute Gasteiger partial charge is 0.334 e. The SMILES string of the molecule is CCc1noc(-c2cccc(NC(=O)c3ccc(Cl)cc3)c2)n1. The third kappa shape index (κ3) is 3.57. The van der Waals surface area contributed by atoms with Crippen LogP contribution in [0.2, 0.25) is 5.02 Å². The molecular weight excluding hydrogens is 314 g/mol. The van der Waals surface area contributed by atoms with E-state index in [-0.39, 0.29) is 5.91 Å². The highest BCUT2D eigenvalue weighted by molar-refractivity contribution is 6.30. The Morgan fingerprint density at radius 1 is 1.22 bits per heavy atom. The summed E-state index contributed by atoms with van der Waals surface area (Å²) in [7, 11) is 0. The van der Waals surface area contributed by atoms with Gasteiger partial charge in [0.25, 0.3) is 11.8 Å². The molecule has 0 aliphatic heterocycles. The van der Waals surface area contributed by atoms with Crippen molar-refractivity contribution >= 4 is 23.2 Å². The highest BCUT2D eigenvalue weighted by atomic mass is 35.5. The van der Waals surface area contributed by atoms with Crippen molar-refractivity contribution in [2.45, 2.75) is 13.3 Å². The topological polar surface area (TPSA) is 68.0 Å². The zero-order valence-electron chi connectivity index (χ0n) is 12.4. The van der Waals surface area contributed by atoms with Gasteiger partial charge in [-0.1, -0.05) is 29.7 Å². The molecule has 1 heterocycles. The van der Waals surface area contributed by atoms with Gasteiger partial charge >= 0.3 is 0 Å². The van der Waals surface area contributed by atoms with E-state index in [2.05, 4.69) is 15.5 Å². The first-order valence-corrected chi connectivity index (χ1v) is 7.53. The smallest absolute Gasteiger partial charge is 0.257 e. The molecule has 0 unspecified atom stereocenters. The van der Waals surface area contributed by atoms with Crippen LogP contribution in [0.1, 0.15) is 23.1 Å². The zero-order chi connectivity index (χ0) is 16.2. The van der Waals surface area contributed by atoms with Crippen molar-refractivity contribution in [1.82, 2.24) is 10.1 Å². The molecule has 0 radical (unpaired) electrons. The van der Waals surface area contributed by atoms with E-state index < -0.39 is 0 Å². The standard InChI is InChI=1S/C17H14ClN3O2/c1-2-15-20-17(23-21-15)12-4-3-5-14(10-12)19-16(22)11-6-8-13(18)9-7-11/h3-10H,2H2,1H3,(H,19,22). The molecule has 0 bridgehead atoms. The first-order valence-electron chi connectivity index (χ1n) is 7.15. The minimum Gasteiger partial charge on any atom is -0.334 e. The summed E-state index contributed by atoms with van der Waals surface area (Å²) >= 11 is 5.82. The molecule has 1 amide bonds. The maximum atomic E-state index is 12.2. The van der Waals surface area contributed by atoms with Crippen molar-refractivity contribution in [3.63, 3.8) is 0 Å². The first kappa shape index (κ1) is 15.2. The number of aryl methyl sites for hydroxylation is 1. The average Bonchev–Trinajstić information content (AvgIpc) is 3.05. The molecule has 1 aromatic heterocycles. The predicted molar refractivity (Wildman–Crippen MR) is 88.5 cm³/mol. The van der Waals surface area contributed by atoms with Gasteiger partial charge in [-0.05, 0) is 42.5 Å². The van der Waals surface area contributed by atoms with Crippen molar-refractivity contribution in [3.8, 4) is 11.5 Å². The molecule has 3 aromatic rings. The third-order valence-corrected chi connectivity index (χ3v) is 3.51.